The van der Waals surface area contributed by atoms with Crippen LogP contribution in [0.2, 0.25) is 0 Å². The van der Waals surface area contributed by atoms with Crippen molar-refractivity contribution in [3.05, 3.63) is 46.2 Å². The largest absolute Gasteiger partial charge is 0.310 e. The zero-order chi connectivity index (χ0) is 15.4. The summed E-state index contributed by atoms with van der Waals surface area (Å²) in [7, 11) is 0. The van der Waals surface area contributed by atoms with E-state index in [1.54, 1.807) is 0 Å². The smallest absolute Gasteiger partial charge is 0.0704 e. The minimum atomic E-state index is 0.305. The van der Waals surface area contributed by atoms with Crippen LogP contribution in [0.4, 0.5) is 0 Å². The highest BCUT2D eigenvalue weighted by molar-refractivity contribution is 9.10. The molecule has 4 heteroatoms. The third-order valence-corrected chi connectivity index (χ3v) is 4.10. The summed E-state index contributed by atoms with van der Waals surface area (Å²) in [6.45, 7) is 9.74. The normalized spacial score (nSPS) is 12.9. The molecule has 1 N–H and O–H groups in total. The van der Waals surface area contributed by atoms with Crippen LogP contribution in [0.25, 0.3) is 5.69 Å². The molecule has 0 aliphatic carbocycles. The topological polar surface area (TPSA) is 29.9 Å². The summed E-state index contributed by atoms with van der Waals surface area (Å²) in [5.41, 5.74) is 3.52. The van der Waals surface area contributed by atoms with E-state index in [0.717, 1.165) is 28.8 Å². The number of hydrogen-bond donors (Lipinski definition) is 1. The van der Waals surface area contributed by atoms with Crippen LogP contribution >= 0.6 is 15.9 Å². The van der Waals surface area contributed by atoms with Gasteiger partial charge in [0, 0.05) is 16.7 Å². The maximum absolute atomic E-state index is 4.71. The number of hydrogen-bond acceptors (Lipinski definition) is 2. The summed E-state index contributed by atoms with van der Waals surface area (Å²) < 4.78 is 3.06. The average molecular weight is 350 g/mol. The van der Waals surface area contributed by atoms with Crippen molar-refractivity contribution >= 4 is 15.9 Å². The Labute approximate surface area is 135 Å². The fourth-order valence-electron chi connectivity index (χ4n) is 2.33. The van der Waals surface area contributed by atoms with Crippen LogP contribution in [0.1, 0.15) is 57.3 Å². The van der Waals surface area contributed by atoms with Crippen molar-refractivity contribution in [2.75, 3.05) is 6.54 Å². The van der Waals surface area contributed by atoms with Gasteiger partial charge in [-0.15, -0.1) is 0 Å². The van der Waals surface area contributed by atoms with E-state index in [1.165, 1.54) is 5.56 Å². The van der Waals surface area contributed by atoms with Crippen LogP contribution in [-0.4, -0.2) is 16.3 Å². The van der Waals surface area contributed by atoms with E-state index in [-0.39, 0.29) is 0 Å². The first-order valence-electron chi connectivity index (χ1n) is 7.61. The molecule has 2 rings (SSSR count). The van der Waals surface area contributed by atoms with Crippen LogP contribution < -0.4 is 5.32 Å². The summed E-state index contributed by atoms with van der Waals surface area (Å²) in [5, 5.41) is 8.26. The number of nitrogens with zero attached hydrogens (tertiary/aromatic N) is 2. The Bertz CT molecular complexity index is 589. The monoisotopic (exact) mass is 349 g/mol. The molecule has 0 spiro atoms. The predicted molar refractivity (Wildman–Crippen MR) is 92.1 cm³/mol. The first-order chi connectivity index (χ1) is 10.0. The van der Waals surface area contributed by atoms with Gasteiger partial charge in [-0.1, -0.05) is 42.8 Å². The lowest BCUT2D eigenvalue weighted by atomic mass is 10.1. The van der Waals surface area contributed by atoms with Crippen LogP contribution in [0.15, 0.2) is 34.9 Å². The lowest BCUT2D eigenvalue weighted by molar-refractivity contribution is 0.566. The van der Waals surface area contributed by atoms with Gasteiger partial charge >= 0.3 is 0 Å². The average Bonchev–Trinajstić information content (AvgIpc) is 2.94. The Kier molecular flexibility index (Phi) is 5.59. The summed E-state index contributed by atoms with van der Waals surface area (Å²) in [6, 6.07) is 8.80. The van der Waals surface area contributed by atoms with Gasteiger partial charge < -0.3 is 5.32 Å². The second-order valence-electron chi connectivity index (χ2n) is 5.72. The molecule has 114 valence electrons. The van der Waals surface area contributed by atoms with Crippen molar-refractivity contribution in [2.45, 2.75) is 46.1 Å². The third kappa shape index (κ3) is 3.95. The lowest BCUT2D eigenvalue weighted by Gasteiger charge is -2.18. The van der Waals surface area contributed by atoms with Gasteiger partial charge in [0.05, 0.1) is 11.4 Å². The standard InChI is InChI=1S/C17H24BrN3/c1-5-9-19-13(4)15-7-6-14(18)11-17(15)21-10-8-16(20-21)12(2)3/h6-8,10-13,19H,5,9H2,1-4H3. The molecule has 3 nitrogen and oxygen atoms in total. The van der Waals surface area contributed by atoms with Crippen LogP contribution in [0.5, 0.6) is 0 Å². The van der Waals surface area contributed by atoms with Gasteiger partial charge in [-0.25, -0.2) is 4.68 Å². The maximum atomic E-state index is 4.71. The minimum Gasteiger partial charge on any atom is -0.310 e. The molecule has 0 radical (unpaired) electrons. The van der Waals surface area contributed by atoms with Crippen LogP contribution in [0, 0.1) is 0 Å². The molecule has 1 aromatic heterocycles. The molecule has 1 aromatic carbocycles. The molecule has 0 saturated heterocycles. The van der Waals surface area contributed by atoms with Crippen LogP contribution in [-0.2, 0) is 0 Å². The van der Waals surface area contributed by atoms with Gasteiger partial charge in [0.25, 0.3) is 0 Å². The summed E-state index contributed by atoms with van der Waals surface area (Å²) >= 11 is 3.57. The minimum absolute atomic E-state index is 0.305. The molecule has 0 bridgehead atoms. The number of nitrogens with one attached hydrogen (secondary N) is 1. The van der Waals surface area contributed by atoms with Gasteiger partial charge in [-0.3, -0.25) is 0 Å². The molecule has 0 saturated carbocycles. The molecule has 1 heterocycles. The van der Waals surface area contributed by atoms with E-state index < -0.39 is 0 Å². The molecule has 1 atom stereocenters. The number of benzene rings is 1. The molecule has 21 heavy (non-hydrogen) atoms. The molecular weight excluding hydrogens is 326 g/mol. The fourth-order valence-corrected chi connectivity index (χ4v) is 2.68. The Hall–Kier alpha value is -1.13. The fraction of sp³-hybridized carbons (Fsp3) is 0.471. The number of aromatic nitrogens is 2. The number of halogens is 1. The quantitative estimate of drug-likeness (QED) is 0.810. The van der Waals surface area contributed by atoms with Crippen molar-refractivity contribution in [3.63, 3.8) is 0 Å². The van der Waals surface area contributed by atoms with Crippen molar-refractivity contribution in [2.24, 2.45) is 0 Å². The highest BCUT2D eigenvalue weighted by atomic mass is 79.9. The molecular formula is C17H24BrN3. The first-order valence-corrected chi connectivity index (χ1v) is 8.41. The van der Waals surface area contributed by atoms with Crippen LogP contribution in [0.3, 0.4) is 0 Å². The molecule has 0 fully saturated rings. The molecule has 0 aliphatic rings. The highest BCUT2D eigenvalue weighted by Gasteiger charge is 2.13. The van der Waals surface area contributed by atoms with Gasteiger partial charge in [0.2, 0.25) is 0 Å². The van der Waals surface area contributed by atoms with Gasteiger partial charge in [-0.2, -0.15) is 5.10 Å². The Morgan fingerprint density at radius 3 is 2.62 bits per heavy atom. The Balaban J connectivity index is 2.38. The number of rotatable bonds is 6. The lowest BCUT2D eigenvalue weighted by Crippen LogP contribution is -2.21. The highest BCUT2D eigenvalue weighted by Crippen LogP contribution is 2.26. The van der Waals surface area contributed by atoms with Gasteiger partial charge in [0.15, 0.2) is 0 Å². The molecule has 2 aromatic rings. The first kappa shape index (κ1) is 16.2. The van der Waals surface area contributed by atoms with E-state index in [0.29, 0.717) is 12.0 Å². The second-order valence-corrected chi connectivity index (χ2v) is 6.63. The Morgan fingerprint density at radius 2 is 2.00 bits per heavy atom. The second kappa shape index (κ2) is 7.23. The Morgan fingerprint density at radius 1 is 1.24 bits per heavy atom. The van der Waals surface area contributed by atoms with E-state index in [4.69, 9.17) is 5.10 Å². The van der Waals surface area contributed by atoms with Crippen molar-refractivity contribution in [1.82, 2.24) is 15.1 Å². The van der Waals surface area contributed by atoms with E-state index in [9.17, 15) is 0 Å². The van der Waals surface area contributed by atoms with Gasteiger partial charge in [-0.05, 0) is 49.6 Å². The molecule has 0 aliphatic heterocycles. The van der Waals surface area contributed by atoms with E-state index in [2.05, 4.69) is 73.2 Å². The zero-order valence-corrected chi connectivity index (χ0v) is 14.8. The SMILES string of the molecule is CCCNC(C)c1ccc(Br)cc1-n1ccc(C(C)C)n1. The van der Waals surface area contributed by atoms with E-state index >= 15 is 0 Å². The molecule has 1 unspecified atom stereocenters. The van der Waals surface area contributed by atoms with Gasteiger partial charge in [0.1, 0.15) is 0 Å². The van der Waals surface area contributed by atoms with E-state index in [1.807, 2.05) is 10.9 Å². The summed E-state index contributed by atoms with van der Waals surface area (Å²) in [5.74, 6) is 0.442. The summed E-state index contributed by atoms with van der Waals surface area (Å²) in [4.78, 5) is 0. The molecule has 0 amide bonds. The van der Waals surface area contributed by atoms with Crippen molar-refractivity contribution in [3.8, 4) is 5.69 Å². The predicted octanol–water partition coefficient (Wildman–Crippen LogP) is 4.82. The third-order valence-electron chi connectivity index (χ3n) is 3.61. The maximum Gasteiger partial charge on any atom is 0.0704 e. The van der Waals surface area contributed by atoms with Crippen molar-refractivity contribution < 1.29 is 0 Å². The van der Waals surface area contributed by atoms with Crippen molar-refractivity contribution in [1.29, 1.82) is 0 Å². The summed E-state index contributed by atoms with van der Waals surface area (Å²) in [6.07, 6.45) is 3.18. The zero-order valence-electron chi connectivity index (χ0n) is 13.2.